The summed E-state index contributed by atoms with van der Waals surface area (Å²) in [6, 6.07) is 6.47. The average Bonchev–Trinajstić information content (AvgIpc) is 3.72. The van der Waals surface area contributed by atoms with Crippen molar-refractivity contribution in [3.8, 4) is 22.4 Å². The molecule has 42 heavy (non-hydrogen) atoms. The lowest BCUT2D eigenvalue weighted by atomic mass is 9.48. The number of likely N-dealkylation sites (N-methyl/N-ethyl adjacent to an activating group) is 1. The maximum Gasteiger partial charge on any atom is 0.213 e. The number of rotatable bonds is 5. The summed E-state index contributed by atoms with van der Waals surface area (Å²) in [7, 11) is -1.34. The number of H-pyrrole nitrogens is 1. The van der Waals surface area contributed by atoms with Crippen LogP contribution < -0.4 is 4.90 Å². The number of aryl methyl sites for hydroxylation is 1. The molecule has 0 amide bonds. The van der Waals surface area contributed by atoms with E-state index in [1.54, 1.807) is 17.4 Å². The molecule has 1 saturated heterocycles. The van der Waals surface area contributed by atoms with Crippen LogP contribution in [0.3, 0.4) is 0 Å². The fraction of sp³-hybridized carbons (Fsp3) is 0.452. The number of nitrogens with zero attached hydrogens (tertiary/aromatic N) is 7. The van der Waals surface area contributed by atoms with Crippen LogP contribution in [-0.4, -0.2) is 74.6 Å². The molecule has 6 heterocycles. The number of fused-ring (bicyclic) bond motifs is 5. The van der Waals surface area contributed by atoms with E-state index in [4.69, 9.17) is 9.10 Å². The summed E-state index contributed by atoms with van der Waals surface area (Å²) >= 11 is 0. The van der Waals surface area contributed by atoms with Gasteiger partial charge in [0, 0.05) is 77.3 Å². The molecule has 0 unspecified atom stereocenters. The van der Waals surface area contributed by atoms with E-state index in [1.807, 2.05) is 35.0 Å². The molecule has 4 aromatic heterocycles. The van der Waals surface area contributed by atoms with Gasteiger partial charge in [-0.1, -0.05) is 6.07 Å². The van der Waals surface area contributed by atoms with Crippen LogP contribution in [-0.2, 0) is 22.5 Å². The van der Waals surface area contributed by atoms with E-state index in [0.717, 1.165) is 57.1 Å². The van der Waals surface area contributed by atoms with E-state index in [-0.39, 0.29) is 17.2 Å². The molecule has 11 heteroatoms. The smallest absolute Gasteiger partial charge is 0.213 e. The highest BCUT2D eigenvalue weighted by Gasteiger charge is 2.64. The lowest BCUT2D eigenvalue weighted by molar-refractivity contribution is -0.0657. The van der Waals surface area contributed by atoms with Crippen molar-refractivity contribution in [3.05, 3.63) is 48.5 Å². The molecule has 1 aromatic carbocycles. The molecule has 0 radical (unpaired) electrons. The van der Waals surface area contributed by atoms with Gasteiger partial charge in [-0.3, -0.25) is 9.36 Å². The van der Waals surface area contributed by atoms with E-state index in [9.17, 15) is 8.42 Å². The minimum atomic E-state index is -3.26. The first-order valence-corrected chi connectivity index (χ1v) is 16.1. The highest BCUT2D eigenvalue weighted by molar-refractivity contribution is 7.89. The molecule has 0 bridgehead atoms. The molecular weight excluding hydrogens is 548 g/mol. The van der Waals surface area contributed by atoms with Gasteiger partial charge < -0.3 is 9.88 Å². The summed E-state index contributed by atoms with van der Waals surface area (Å²) in [6.07, 6.45) is 8.89. The van der Waals surface area contributed by atoms with Crippen LogP contribution in [0.25, 0.3) is 44.3 Å². The van der Waals surface area contributed by atoms with Gasteiger partial charge in [-0.2, -0.15) is 10.2 Å². The van der Waals surface area contributed by atoms with E-state index in [1.165, 1.54) is 4.90 Å². The quantitative estimate of drug-likeness (QED) is 0.320. The van der Waals surface area contributed by atoms with Crippen molar-refractivity contribution in [2.75, 3.05) is 37.3 Å². The Bertz CT molecular complexity index is 2110. The Labute approximate surface area is 249 Å². The molecule has 1 aliphatic carbocycles. The van der Waals surface area contributed by atoms with Gasteiger partial charge in [0.1, 0.15) is 5.65 Å². The van der Waals surface area contributed by atoms with Crippen molar-refractivity contribution in [3.63, 3.8) is 0 Å². The molecule has 2 fully saturated rings. The molecule has 8 rings (SSSR count). The van der Waals surface area contributed by atoms with Crippen LogP contribution in [0.2, 0.25) is 0 Å². The number of aromatic nitrogens is 6. The summed E-state index contributed by atoms with van der Waals surface area (Å²) in [5.74, 6) is 0.0837. The Morgan fingerprint density at radius 2 is 1.90 bits per heavy atom. The minimum absolute atomic E-state index is 0.0837. The molecule has 1 saturated carbocycles. The van der Waals surface area contributed by atoms with Gasteiger partial charge in [0.05, 0.1) is 41.2 Å². The lowest BCUT2D eigenvalue weighted by Crippen LogP contribution is -2.68. The number of benzene rings is 1. The summed E-state index contributed by atoms with van der Waals surface area (Å²) in [5, 5.41) is 11.0. The molecule has 3 aliphatic rings. The van der Waals surface area contributed by atoms with E-state index in [0.29, 0.717) is 31.0 Å². The first kappa shape index (κ1) is 22.8. The second-order valence-electron chi connectivity index (χ2n) is 12.9. The Kier molecular flexibility index (Phi) is 4.59. The summed E-state index contributed by atoms with van der Waals surface area (Å²) in [6.45, 7) is 4.81. The van der Waals surface area contributed by atoms with Crippen molar-refractivity contribution in [1.82, 2.24) is 33.8 Å². The predicted molar refractivity (Wildman–Crippen MR) is 165 cm³/mol. The number of sulfonamides is 1. The van der Waals surface area contributed by atoms with E-state index < -0.39 is 22.4 Å². The zero-order valence-corrected chi connectivity index (χ0v) is 25.0. The molecule has 1 N–H and O–H groups in total. The number of hydrogen-bond donors (Lipinski definition) is 1. The van der Waals surface area contributed by atoms with Crippen molar-refractivity contribution in [2.45, 2.75) is 45.1 Å². The van der Waals surface area contributed by atoms with Crippen molar-refractivity contribution >= 4 is 37.6 Å². The van der Waals surface area contributed by atoms with Gasteiger partial charge >= 0.3 is 0 Å². The number of nitrogens with one attached hydrogen (secondary N) is 1. The number of pyridine rings is 1. The topological polar surface area (TPSA) is 105 Å². The summed E-state index contributed by atoms with van der Waals surface area (Å²) in [5.41, 5.74) is 6.46. The first-order chi connectivity index (χ1) is 21.2. The highest BCUT2D eigenvalue weighted by Crippen LogP contribution is 2.65. The third kappa shape index (κ3) is 3.46. The first-order valence-electron chi connectivity index (χ1n) is 16.0. The fourth-order valence-corrected chi connectivity index (χ4v) is 9.21. The van der Waals surface area contributed by atoms with Gasteiger partial charge in [-0.05, 0) is 62.3 Å². The molecule has 2 aliphatic heterocycles. The Hall–Kier alpha value is -3.70. The number of hydrogen-bond acceptors (Lipinski definition) is 6. The molecule has 10 nitrogen and oxygen atoms in total. The maximum atomic E-state index is 12.6. The van der Waals surface area contributed by atoms with Gasteiger partial charge in [0.25, 0.3) is 0 Å². The van der Waals surface area contributed by atoms with Gasteiger partial charge in [0.2, 0.25) is 10.0 Å². The monoisotopic (exact) mass is 587 g/mol. The summed E-state index contributed by atoms with van der Waals surface area (Å²) in [4.78, 5) is 9.96. The Morgan fingerprint density at radius 3 is 2.62 bits per heavy atom. The normalized spacial score (nSPS) is 20.7. The van der Waals surface area contributed by atoms with Crippen molar-refractivity contribution in [1.29, 1.82) is 0 Å². The summed E-state index contributed by atoms with van der Waals surface area (Å²) < 4.78 is 55.8. The molecule has 218 valence electrons. The second kappa shape index (κ2) is 8.44. The number of anilines is 1. The minimum Gasteiger partial charge on any atom is -0.372 e. The van der Waals surface area contributed by atoms with E-state index >= 15 is 0 Å². The van der Waals surface area contributed by atoms with Crippen LogP contribution >= 0.6 is 0 Å². The van der Waals surface area contributed by atoms with Crippen LogP contribution in [0.5, 0.6) is 0 Å². The zero-order chi connectivity index (χ0) is 31.7. The van der Waals surface area contributed by atoms with Crippen LogP contribution in [0.1, 0.15) is 49.3 Å². The third-order valence-electron chi connectivity index (χ3n) is 9.75. The molecule has 5 aromatic rings. The SMILES string of the molecule is [2H]C([2H])([2H])N1CC2(CC3(CN(S(=O)(=O)CC)C3)C2)c2c1cnc1[nH]c(-c3cnn(C(C)C)c3)c(-c3ccc4c(cnn4C)c3)c21. The molecule has 2 spiro atoms. The van der Waals surface area contributed by atoms with Crippen molar-refractivity contribution < 1.29 is 12.5 Å². The van der Waals surface area contributed by atoms with Crippen LogP contribution in [0, 0.1) is 5.41 Å². The third-order valence-corrected chi connectivity index (χ3v) is 11.5. The van der Waals surface area contributed by atoms with E-state index in [2.05, 4.69) is 47.2 Å². The predicted octanol–water partition coefficient (Wildman–Crippen LogP) is 4.69. The standard InChI is InChI=1S/C31H36N8O2S/c1-6-42(40,41)38-16-30(17-38)14-31(15-30)18-36(4)24-12-32-29-26(27(24)31)25(20-7-8-23-21(9-20)10-33-37(23)5)28(35-29)22-11-34-39(13-22)19(2)3/h7-13,19H,6,14-18H2,1-5H3,(H,32,35)/i4D3. The molecule has 0 atom stereocenters. The average molecular weight is 588 g/mol. The largest absolute Gasteiger partial charge is 0.372 e. The zero-order valence-electron chi connectivity index (χ0n) is 27.2. The number of aromatic amines is 1. The Balaban J connectivity index is 1.35. The molecular formula is C31H36N8O2S. The maximum absolute atomic E-state index is 12.6. The lowest BCUT2D eigenvalue weighted by Gasteiger charge is -2.63. The van der Waals surface area contributed by atoms with Gasteiger partial charge in [0.15, 0.2) is 0 Å². The second-order valence-corrected chi connectivity index (χ2v) is 15.1. The fourth-order valence-electron chi connectivity index (χ4n) is 7.90. The van der Waals surface area contributed by atoms with Gasteiger partial charge in [-0.15, -0.1) is 0 Å². The van der Waals surface area contributed by atoms with Gasteiger partial charge in [-0.25, -0.2) is 17.7 Å². The van der Waals surface area contributed by atoms with Crippen LogP contribution in [0.4, 0.5) is 5.69 Å². The van der Waals surface area contributed by atoms with Crippen molar-refractivity contribution in [2.24, 2.45) is 12.5 Å². The highest BCUT2D eigenvalue weighted by atomic mass is 32.2. The Morgan fingerprint density at radius 1 is 1.10 bits per heavy atom. The van der Waals surface area contributed by atoms with Crippen LogP contribution in [0.15, 0.2) is 43.0 Å².